The van der Waals surface area contributed by atoms with Crippen LogP contribution >= 0.6 is 0 Å². The first-order valence-corrected chi connectivity index (χ1v) is 7.29. The Hall–Kier alpha value is -2.29. The third kappa shape index (κ3) is 3.88. The van der Waals surface area contributed by atoms with Crippen LogP contribution in [0.5, 0.6) is 11.5 Å². The number of hydrogen-bond acceptors (Lipinski definition) is 3. The number of carbonyl (C=O) groups is 1. The van der Waals surface area contributed by atoms with Gasteiger partial charge in [-0.15, -0.1) is 0 Å². The average Bonchev–Trinajstić information content (AvgIpc) is 2.52. The van der Waals surface area contributed by atoms with Crippen molar-refractivity contribution in [3.63, 3.8) is 0 Å². The van der Waals surface area contributed by atoms with Gasteiger partial charge in [-0.25, -0.2) is 0 Å². The number of rotatable bonds is 5. The molecular weight excluding hydrogens is 276 g/mol. The number of benzene rings is 2. The van der Waals surface area contributed by atoms with Gasteiger partial charge in [0.2, 0.25) is 0 Å². The van der Waals surface area contributed by atoms with Crippen LogP contribution in [0.15, 0.2) is 42.5 Å². The van der Waals surface area contributed by atoms with E-state index in [1.54, 1.807) is 25.3 Å². The third-order valence-electron chi connectivity index (χ3n) is 3.53. The minimum Gasteiger partial charge on any atom is -0.496 e. The number of hydrogen-bond donors (Lipinski definition) is 0. The molecule has 0 aromatic heterocycles. The fourth-order valence-electron chi connectivity index (χ4n) is 2.20. The highest BCUT2D eigenvalue weighted by atomic mass is 16.5. The number of carbonyl (C=O) groups excluding carboxylic acids is 1. The molecule has 2 aromatic carbocycles. The summed E-state index contributed by atoms with van der Waals surface area (Å²) in [6, 6.07) is 13.4. The van der Waals surface area contributed by atoms with Crippen LogP contribution in [0, 0.1) is 0 Å². The van der Waals surface area contributed by atoms with Crippen molar-refractivity contribution < 1.29 is 14.3 Å². The molecule has 0 saturated heterocycles. The molecule has 0 saturated carbocycles. The highest BCUT2D eigenvalue weighted by Gasteiger charge is 2.14. The molecule has 0 aliphatic heterocycles. The fraction of sp³-hybridized carbons (Fsp3) is 0.316. The number of aldehydes is 1. The highest BCUT2D eigenvalue weighted by Crippen LogP contribution is 2.27. The second kappa shape index (κ2) is 6.65. The Morgan fingerprint density at radius 3 is 2.50 bits per heavy atom. The van der Waals surface area contributed by atoms with E-state index in [0.717, 1.165) is 23.3 Å². The summed E-state index contributed by atoms with van der Waals surface area (Å²) >= 11 is 0. The maximum absolute atomic E-state index is 10.9. The van der Waals surface area contributed by atoms with Crippen molar-refractivity contribution in [2.45, 2.75) is 32.8 Å². The summed E-state index contributed by atoms with van der Waals surface area (Å²) < 4.78 is 11.2. The zero-order valence-electron chi connectivity index (χ0n) is 13.6. The first-order valence-electron chi connectivity index (χ1n) is 7.29. The number of methoxy groups -OCH3 is 1. The second-order valence-electron chi connectivity index (χ2n) is 6.26. The van der Waals surface area contributed by atoms with Crippen molar-refractivity contribution in [1.29, 1.82) is 0 Å². The molecule has 0 fully saturated rings. The van der Waals surface area contributed by atoms with Gasteiger partial charge >= 0.3 is 0 Å². The van der Waals surface area contributed by atoms with E-state index in [1.165, 1.54) is 5.56 Å². The molecule has 0 spiro atoms. The molecule has 0 aliphatic carbocycles. The molecule has 22 heavy (non-hydrogen) atoms. The lowest BCUT2D eigenvalue weighted by atomic mass is 9.87. The van der Waals surface area contributed by atoms with Crippen molar-refractivity contribution in [3.8, 4) is 11.5 Å². The molecular formula is C19H22O3. The Labute approximate surface area is 131 Å². The summed E-state index contributed by atoms with van der Waals surface area (Å²) in [6.07, 6.45) is 0.823. The quantitative estimate of drug-likeness (QED) is 0.768. The molecule has 0 aliphatic rings. The molecule has 2 aromatic rings. The van der Waals surface area contributed by atoms with Gasteiger partial charge in [-0.3, -0.25) is 4.79 Å². The Bertz CT molecular complexity index is 654. The third-order valence-corrected chi connectivity index (χ3v) is 3.53. The molecule has 0 unspecified atom stereocenters. The zero-order valence-corrected chi connectivity index (χ0v) is 13.6. The molecule has 3 nitrogen and oxygen atoms in total. The summed E-state index contributed by atoms with van der Waals surface area (Å²) in [5.41, 5.74) is 2.77. The largest absolute Gasteiger partial charge is 0.496 e. The van der Waals surface area contributed by atoms with E-state index in [2.05, 4.69) is 32.9 Å². The van der Waals surface area contributed by atoms with Crippen LogP contribution in [0.4, 0.5) is 0 Å². The SMILES string of the molecule is COc1ccc(C=O)cc1COc1cccc(C(C)(C)C)c1. The maximum Gasteiger partial charge on any atom is 0.150 e. The summed E-state index contributed by atoms with van der Waals surface area (Å²) in [7, 11) is 1.61. The summed E-state index contributed by atoms with van der Waals surface area (Å²) in [6.45, 7) is 6.87. The molecule has 116 valence electrons. The van der Waals surface area contributed by atoms with Gasteiger partial charge in [-0.05, 0) is 41.3 Å². The topological polar surface area (TPSA) is 35.5 Å². The van der Waals surface area contributed by atoms with E-state index in [4.69, 9.17) is 9.47 Å². The van der Waals surface area contributed by atoms with Gasteiger partial charge < -0.3 is 9.47 Å². The van der Waals surface area contributed by atoms with E-state index in [-0.39, 0.29) is 5.41 Å². The lowest BCUT2D eigenvalue weighted by Crippen LogP contribution is -2.11. The second-order valence-corrected chi connectivity index (χ2v) is 6.26. The van der Waals surface area contributed by atoms with E-state index >= 15 is 0 Å². The molecule has 2 rings (SSSR count). The average molecular weight is 298 g/mol. The number of ether oxygens (including phenoxy) is 2. The van der Waals surface area contributed by atoms with Crippen LogP contribution in [0.1, 0.15) is 42.3 Å². The molecule has 3 heteroatoms. The minimum atomic E-state index is 0.0779. The molecule has 0 N–H and O–H groups in total. The van der Waals surface area contributed by atoms with Crippen molar-refractivity contribution in [2.24, 2.45) is 0 Å². The molecule has 0 atom stereocenters. The maximum atomic E-state index is 10.9. The van der Waals surface area contributed by atoms with E-state index in [9.17, 15) is 4.79 Å². The van der Waals surface area contributed by atoms with Crippen LogP contribution in [-0.2, 0) is 12.0 Å². The van der Waals surface area contributed by atoms with Gasteiger partial charge in [0.05, 0.1) is 7.11 Å². The normalized spacial score (nSPS) is 11.1. The fourth-order valence-corrected chi connectivity index (χ4v) is 2.20. The van der Waals surface area contributed by atoms with Gasteiger partial charge in [-0.2, -0.15) is 0 Å². The van der Waals surface area contributed by atoms with Gasteiger partial charge in [-0.1, -0.05) is 32.9 Å². The van der Waals surface area contributed by atoms with Crippen molar-refractivity contribution in [1.82, 2.24) is 0 Å². The molecule has 0 heterocycles. The summed E-state index contributed by atoms with van der Waals surface area (Å²) in [4.78, 5) is 10.9. The Kier molecular flexibility index (Phi) is 4.86. The van der Waals surface area contributed by atoms with Crippen LogP contribution in [0.25, 0.3) is 0 Å². The van der Waals surface area contributed by atoms with Crippen molar-refractivity contribution in [3.05, 3.63) is 59.2 Å². The predicted molar refractivity (Wildman–Crippen MR) is 87.9 cm³/mol. The lowest BCUT2D eigenvalue weighted by molar-refractivity contribution is 0.112. The Morgan fingerprint density at radius 1 is 1.09 bits per heavy atom. The molecule has 0 radical (unpaired) electrons. The van der Waals surface area contributed by atoms with Crippen LogP contribution in [0.2, 0.25) is 0 Å². The predicted octanol–water partition coefficient (Wildman–Crippen LogP) is 4.38. The molecule has 0 amide bonds. The van der Waals surface area contributed by atoms with E-state index in [0.29, 0.717) is 12.2 Å². The monoisotopic (exact) mass is 298 g/mol. The van der Waals surface area contributed by atoms with Crippen LogP contribution in [-0.4, -0.2) is 13.4 Å². The van der Waals surface area contributed by atoms with Gasteiger partial charge in [0.25, 0.3) is 0 Å². The minimum absolute atomic E-state index is 0.0779. The van der Waals surface area contributed by atoms with Crippen molar-refractivity contribution >= 4 is 6.29 Å². The Morgan fingerprint density at radius 2 is 1.86 bits per heavy atom. The van der Waals surface area contributed by atoms with E-state index in [1.807, 2.05) is 12.1 Å². The van der Waals surface area contributed by atoms with Crippen LogP contribution < -0.4 is 9.47 Å². The van der Waals surface area contributed by atoms with Gasteiger partial charge in [0.15, 0.2) is 0 Å². The summed E-state index contributed by atoms with van der Waals surface area (Å²) in [5.74, 6) is 1.53. The van der Waals surface area contributed by atoms with Crippen molar-refractivity contribution in [2.75, 3.05) is 7.11 Å². The first kappa shape index (κ1) is 16.1. The Balaban J connectivity index is 2.18. The van der Waals surface area contributed by atoms with Gasteiger partial charge in [0, 0.05) is 11.1 Å². The summed E-state index contributed by atoms with van der Waals surface area (Å²) in [5, 5.41) is 0. The smallest absolute Gasteiger partial charge is 0.150 e. The zero-order chi connectivity index (χ0) is 16.2. The highest BCUT2D eigenvalue weighted by molar-refractivity contribution is 5.75. The lowest BCUT2D eigenvalue weighted by Gasteiger charge is -2.20. The van der Waals surface area contributed by atoms with E-state index < -0.39 is 0 Å². The molecule has 0 bridgehead atoms. The van der Waals surface area contributed by atoms with Gasteiger partial charge in [0.1, 0.15) is 24.4 Å². The first-order chi connectivity index (χ1) is 10.4. The van der Waals surface area contributed by atoms with Crippen LogP contribution in [0.3, 0.4) is 0 Å². The standard InChI is InChI=1S/C19H22O3/c1-19(2,3)16-6-5-7-17(11-16)22-13-15-10-14(12-20)8-9-18(15)21-4/h5-12H,13H2,1-4H3.